The SMILES string of the molecule is CC(C)c1c(C(=O)CCc2ccc(F)c(F)c2)c2ccc(C3=N[C@@H](C)CO3)cc2n1Cc1cccnc1. The lowest BCUT2D eigenvalue weighted by molar-refractivity contribution is 0.0983. The lowest BCUT2D eigenvalue weighted by Crippen LogP contribution is -2.11. The number of halogens is 2. The van der Waals surface area contributed by atoms with Gasteiger partial charge in [-0.05, 0) is 60.7 Å². The number of aromatic nitrogens is 2. The third-order valence-electron chi connectivity index (χ3n) is 6.66. The van der Waals surface area contributed by atoms with Crippen LogP contribution < -0.4 is 0 Å². The van der Waals surface area contributed by atoms with Gasteiger partial charge in [0.1, 0.15) is 6.61 Å². The molecular formula is C30H29F2N3O2. The Morgan fingerprint density at radius 1 is 1.11 bits per heavy atom. The second-order valence-electron chi connectivity index (χ2n) is 9.86. The Balaban J connectivity index is 1.60. The molecule has 190 valence electrons. The molecule has 7 heteroatoms. The maximum atomic E-state index is 13.7. The molecule has 0 saturated carbocycles. The third kappa shape index (κ3) is 5.03. The van der Waals surface area contributed by atoms with Crippen LogP contribution in [0.4, 0.5) is 8.78 Å². The lowest BCUT2D eigenvalue weighted by Gasteiger charge is -2.15. The van der Waals surface area contributed by atoms with Crippen molar-refractivity contribution in [2.45, 2.75) is 52.1 Å². The van der Waals surface area contributed by atoms with E-state index < -0.39 is 11.6 Å². The highest BCUT2D eigenvalue weighted by Gasteiger charge is 2.26. The summed E-state index contributed by atoms with van der Waals surface area (Å²) in [6.07, 6.45) is 4.08. The van der Waals surface area contributed by atoms with E-state index in [4.69, 9.17) is 4.74 Å². The molecule has 3 heterocycles. The summed E-state index contributed by atoms with van der Waals surface area (Å²) in [7, 11) is 0. The van der Waals surface area contributed by atoms with E-state index >= 15 is 0 Å². The Morgan fingerprint density at radius 2 is 1.95 bits per heavy atom. The fourth-order valence-electron chi connectivity index (χ4n) is 4.95. The van der Waals surface area contributed by atoms with Gasteiger partial charge < -0.3 is 9.30 Å². The van der Waals surface area contributed by atoms with Gasteiger partial charge in [-0.3, -0.25) is 9.78 Å². The van der Waals surface area contributed by atoms with Crippen molar-refractivity contribution in [3.8, 4) is 0 Å². The molecule has 0 amide bonds. The summed E-state index contributed by atoms with van der Waals surface area (Å²) in [4.78, 5) is 22.6. The van der Waals surface area contributed by atoms with Crippen LogP contribution in [0.15, 0.2) is 65.9 Å². The maximum absolute atomic E-state index is 13.7. The normalized spacial score (nSPS) is 15.3. The summed E-state index contributed by atoms with van der Waals surface area (Å²) in [5.74, 6) is -1.15. The number of nitrogens with zero attached hydrogens (tertiary/aromatic N) is 3. The van der Waals surface area contributed by atoms with E-state index in [-0.39, 0.29) is 24.2 Å². The maximum Gasteiger partial charge on any atom is 0.216 e. The van der Waals surface area contributed by atoms with Gasteiger partial charge in [-0.2, -0.15) is 0 Å². The highest BCUT2D eigenvalue weighted by Crippen LogP contribution is 2.34. The molecule has 0 fully saturated rings. The van der Waals surface area contributed by atoms with E-state index in [1.54, 1.807) is 6.20 Å². The van der Waals surface area contributed by atoms with E-state index in [2.05, 4.69) is 28.4 Å². The number of aryl methyl sites for hydroxylation is 1. The average molecular weight is 502 g/mol. The number of rotatable bonds is 8. The van der Waals surface area contributed by atoms with Gasteiger partial charge in [-0.25, -0.2) is 13.8 Å². The molecule has 0 aliphatic carbocycles. The second kappa shape index (κ2) is 10.2. The molecule has 1 aliphatic rings. The van der Waals surface area contributed by atoms with Crippen molar-refractivity contribution >= 4 is 22.6 Å². The largest absolute Gasteiger partial charge is 0.475 e. The van der Waals surface area contributed by atoms with Crippen LogP contribution in [0.5, 0.6) is 0 Å². The van der Waals surface area contributed by atoms with E-state index in [1.165, 1.54) is 6.07 Å². The molecule has 0 radical (unpaired) electrons. The van der Waals surface area contributed by atoms with Crippen molar-refractivity contribution in [1.29, 1.82) is 0 Å². The minimum Gasteiger partial charge on any atom is -0.475 e. The fraction of sp³-hybridized carbons (Fsp3) is 0.300. The number of hydrogen-bond acceptors (Lipinski definition) is 4. The predicted octanol–water partition coefficient (Wildman–Crippen LogP) is 6.47. The highest BCUT2D eigenvalue weighted by atomic mass is 19.2. The zero-order chi connectivity index (χ0) is 26.1. The van der Waals surface area contributed by atoms with E-state index in [0.29, 0.717) is 36.6 Å². The van der Waals surface area contributed by atoms with Crippen molar-refractivity contribution in [2.75, 3.05) is 6.61 Å². The quantitative estimate of drug-likeness (QED) is 0.260. The Labute approximate surface area is 214 Å². The number of ketones is 1. The first kappa shape index (κ1) is 24.8. The molecule has 2 aromatic carbocycles. The number of fused-ring (bicyclic) bond motifs is 1. The van der Waals surface area contributed by atoms with Gasteiger partial charge in [0.2, 0.25) is 5.90 Å². The van der Waals surface area contributed by atoms with Crippen molar-refractivity contribution in [3.05, 3.63) is 101 Å². The van der Waals surface area contributed by atoms with Crippen LogP contribution in [-0.4, -0.2) is 33.9 Å². The Morgan fingerprint density at radius 3 is 2.62 bits per heavy atom. The molecule has 0 unspecified atom stereocenters. The first-order valence-corrected chi connectivity index (χ1v) is 12.5. The molecule has 1 aliphatic heterocycles. The van der Waals surface area contributed by atoms with Crippen LogP contribution in [0.25, 0.3) is 10.9 Å². The second-order valence-corrected chi connectivity index (χ2v) is 9.86. The fourth-order valence-corrected chi connectivity index (χ4v) is 4.95. The van der Waals surface area contributed by atoms with Gasteiger partial charge in [-0.1, -0.05) is 32.0 Å². The number of carbonyl (C=O) groups excluding carboxylic acids is 1. The summed E-state index contributed by atoms with van der Waals surface area (Å²) in [5, 5.41) is 0.860. The number of ether oxygens (including phenoxy) is 1. The molecular weight excluding hydrogens is 472 g/mol. The summed E-state index contributed by atoms with van der Waals surface area (Å²) < 4.78 is 35.1. The van der Waals surface area contributed by atoms with Crippen LogP contribution in [0, 0.1) is 11.6 Å². The first-order chi connectivity index (χ1) is 17.8. The number of benzene rings is 2. The number of carbonyl (C=O) groups is 1. The van der Waals surface area contributed by atoms with Crippen LogP contribution in [0.3, 0.4) is 0 Å². The molecule has 1 atom stereocenters. The average Bonchev–Trinajstić information content (AvgIpc) is 3.46. The van der Waals surface area contributed by atoms with Gasteiger partial charge in [0.25, 0.3) is 0 Å². The van der Waals surface area contributed by atoms with Crippen LogP contribution in [0.2, 0.25) is 0 Å². The van der Waals surface area contributed by atoms with Crippen molar-refractivity contribution in [2.24, 2.45) is 4.99 Å². The minimum absolute atomic E-state index is 0.0285. The Kier molecular flexibility index (Phi) is 6.87. The zero-order valence-corrected chi connectivity index (χ0v) is 21.2. The van der Waals surface area contributed by atoms with Gasteiger partial charge in [0, 0.05) is 47.6 Å². The molecule has 0 saturated heterocycles. The topological polar surface area (TPSA) is 56.5 Å². The molecule has 0 bridgehead atoms. The van der Waals surface area contributed by atoms with Crippen LogP contribution in [0.1, 0.15) is 65.9 Å². The molecule has 0 spiro atoms. The molecule has 5 nitrogen and oxygen atoms in total. The lowest BCUT2D eigenvalue weighted by atomic mass is 9.96. The summed E-state index contributed by atoms with van der Waals surface area (Å²) in [5.41, 5.74) is 5.02. The number of Topliss-reactive ketones (excluding diaryl/α,β-unsaturated/α-hetero) is 1. The molecule has 37 heavy (non-hydrogen) atoms. The third-order valence-corrected chi connectivity index (χ3v) is 6.66. The van der Waals surface area contributed by atoms with Crippen molar-refractivity contribution in [1.82, 2.24) is 9.55 Å². The zero-order valence-electron chi connectivity index (χ0n) is 21.2. The van der Waals surface area contributed by atoms with Crippen molar-refractivity contribution < 1.29 is 18.3 Å². The van der Waals surface area contributed by atoms with E-state index in [9.17, 15) is 13.6 Å². The summed E-state index contributed by atoms with van der Waals surface area (Å²) >= 11 is 0. The number of aliphatic imine (C=N–C) groups is 1. The monoisotopic (exact) mass is 501 g/mol. The van der Waals surface area contributed by atoms with Gasteiger partial charge in [-0.15, -0.1) is 0 Å². The minimum atomic E-state index is -0.903. The number of pyridine rings is 1. The Bertz CT molecular complexity index is 1490. The van der Waals surface area contributed by atoms with Crippen LogP contribution >= 0.6 is 0 Å². The smallest absolute Gasteiger partial charge is 0.216 e. The first-order valence-electron chi connectivity index (χ1n) is 12.5. The van der Waals surface area contributed by atoms with Gasteiger partial charge in [0.05, 0.1) is 11.6 Å². The summed E-state index contributed by atoms with van der Waals surface area (Å²) in [6.45, 7) is 7.27. The standard InChI is InChI=1S/C30H29F2N3O2/c1-18(2)29-28(27(36)11-7-20-6-10-24(31)25(32)13-20)23-9-8-22(30-34-19(3)17-37-30)14-26(23)35(29)16-21-5-4-12-33-15-21/h4-6,8-10,12-15,18-19H,7,11,16-17H2,1-3H3/t19-/m0/s1. The van der Waals surface area contributed by atoms with Gasteiger partial charge in [0.15, 0.2) is 17.4 Å². The summed E-state index contributed by atoms with van der Waals surface area (Å²) in [6, 6.07) is 13.8. The number of hydrogen-bond donors (Lipinski definition) is 0. The van der Waals surface area contributed by atoms with Crippen LogP contribution in [-0.2, 0) is 17.7 Å². The van der Waals surface area contributed by atoms with E-state index in [0.717, 1.165) is 39.9 Å². The predicted molar refractivity (Wildman–Crippen MR) is 140 cm³/mol. The van der Waals surface area contributed by atoms with Crippen molar-refractivity contribution in [3.63, 3.8) is 0 Å². The molecule has 4 aromatic rings. The Hall–Kier alpha value is -3.87. The van der Waals surface area contributed by atoms with Gasteiger partial charge >= 0.3 is 0 Å². The van der Waals surface area contributed by atoms with E-state index in [1.807, 2.05) is 43.5 Å². The molecule has 2 aromatic heterocycles. The molecule has 5 rings (SSSR count). The highest BCUT2D eigenvalue weighted by molar-refractivity contribution is 6.11. The molecule has 0 N–H and O–H groups in total.